The molecule has 5 heteroatoms. The topological polar surface area (TPSA) is 30.8 Å². The molecule has 102 valence electrons. The molecule has 0 N–H and O–H groups in total. The van der Waals surface area contributed by atoms with Crippen LogP contribution in [0, 0.1) is 0 Å². The Kier molecular flexibility index (Phi) is 4.08. The lowest BCUT2D eigenvalue weighted by atomic mass is 10.2. The number of halogens is 2. The minimum Gasteiger partial charge on any atom is -0.486 e. The van der Waals surface area contributed by atoms with Crippen LogP contribution >= 0.6 is 31.9 Å². The lowest BCUT2D eigenvalue weighted by Crippen LogP contribution is -2.15. The van der Waals surface area contributed by atoms with E-state index in [-0.39, 0.29) is 0 Å². The monoisotopic (exact) mass is 395 g/mol. The Labute approximate surface area is 133 Å². The molecule has 0 amide bonds. The van der Waals surface area contributed by atoms with Gasteiger partial charge >= 0.3 is 0 Å². The smallest absolute Gasteiger partial charge is 0.163 e. The zero-order valence-corrected chi connectivity index (χ0v) is 13.6. The SMILES string of the molecule is Brc1cccc(C=Nc2cc3c(cc2Br)OCCO3)c1. The molecule has 0 bridgehead atoms. The molecular formula is C15H11Br2NO2. The molecule has 0 fully saturated rings. The summed E-state index contributed by atoms with van der Waals surface area (Å²) in [6.07, 6.45) is 1.82. The van der Waals surface area contributed by atoms with Crippen molar-refractivity contribution in [2.45, 2.75) is 0 Å². The van der Waals surface area contributed by atoms with Gasteiger partial charge in [-0.25, -0.2) is 0 Å². The molecule has 3 rings (SSSR count). The highest BCUT2D eigenvalue weighted by Gasteiger charge is 2.14. The van der Waals surface area contributed by atoms with Crippen molar-refractivity contribution in [3.63, 3.8) is 0 Å². The Bertz CT molecular complexity index is 671. The quantitative estimate of drug-likeness (QED) is 0.686. The van der Waals surface area contributed by atoms with E-state index >= 15 is 0 Å². The number of hydrogen-bond acceptors (Lipinski definition) is 3. The first-order chi connectivity index (χ1) is 9.72. The molecule has 1 heterocycles. The third kappa shape index (κ3) is 3.04. The van der Waals surface area contributed by atoms with Gasteiger partial charge in [0, 0.05) is 27.3 Å². The standard InChI is InChI=1S/C15H11Br2NO2/c16-11-3-1-2-10(6-11)9-18-13-8-15-14(7-12(13)17)19-4-5-20-15/h1-3,6-9H,4-5H2. The molecule has 0 saturated heterocycles. The van der Waals surface area contributed by atoms with Crippen LogP contribution in [-0.2, 0) is 0 Å². The van der Waals surface area contributed by atoms with Gasteiger partial charge in [0.1, 0.15) is 13.2 Å². The van der Waals surface area contributed by atoms with E-state index in [4.69, 9.17) is 9.47 Å². The third-order valence-corrected chi connectivity index (χ3v) is 3.94. The first-order valence-electron chi connectivity index (χ1n) is 6.11. The van der Waals surface area contributed by atoms with Crippen molar-refractivity contribution < 1.29 is 9.47 Å². The Morgan fingerprint density at radius 1 is 1.00 bits per heavy atom. The predicted octanol–water partition coefficient (Wildman–Crippen LogP) is 4.73. The van der Waals surface area contributed by atoms with E-state index in [0.29, 0.717) is 13.2 Å². The summed E-state index contributed by atoms with van der Waals surface area (Å²) in [5.41, 5.74) is 1.84. The van der Waals surface area contributed by atoms with E-state index in [1.54, 1.807) is 0 Å². The lowest BCUT2D eigenvalue weighted by molar-refractivity contribution is 0.171. The lowest BCUT2D eigenvalue weighted by Gasteiger charge is -2.18. The second-order valence-electron chi connectivity index (χ2n) is 4.26. The van der Waals surface area contributed by atoms with E-state index in [2.05, 4.69) is 36.9 Å². The highest BCUT2D eigenvalue weighted by molar-refractivity contribution is 9.10. The molecule has 1 aliphatic rings. The molecule has 0 spiro atoms. The Balaban J connectivity index is 1.90. The molecule has 0 saturated carbocycles. The molecule has 0 atom stereocenters. The fraction of sp³-hybridized carbons (Fsp3) is 0.133. The van der Waals surface area contributed by atoms with E-state index < -0.39 is 0 Å². The van der Waals surface area contributed by atoms with E-state index in [1.807, 2.05) is 42.6 Å². The van der Waals surface area contributed by atoms with Crippen molar-refractivity contribution in [1.82, 2.24) is 0 Å². The summed E-state index contributed by atoms with van der Waals surface area (Å²) in [5, 5.41) is 0. The largest absolute Gasteiger partial charge is 0.486 e. The average molecular weight is 397 g/mol. The Morgan fingerprint density at radius 2 is 1.75 bits per heavy atom. The normalized spacial score (nSPS) is 13.7. The predicted molar refractivity (Wildman–Crippen MR) is 86.5 cm³/mol. The number of ether oxygens (including phenoxy) is 2. The van der Waals surface area contributed by atoms with Gasteiger partial charge in [-0.15, -0.1) is 0 Å². The van der Waals surface area contributed by atoms with Gasteiger partial charge < -0.3 is 9.47 Å². The van der Waals surface area contributed by atoms with Gasteiger partial charge in [0.15, 0.2) is 11.5 Å². The van der Waals surface area contributed by atoms with Gasteiger partial charge in [-0.05, 0) is 33.6 Å². The zero-order chi connectivity index (χ0) is 13.9. The van der Waals surface area contributed by atoms with Crippen molar-refractivity contribution in [2.24, 2.45) is 4.99 Å². The Hall–Kier alpha value is -1.33. The maximum atomic E-state index is 5.56. The molecule has 20 heavy (non-hydrogen) atoms. The number of benzene rings is 2. The fourth-order valence-corrected chi connectivity index (χ4v) is 2.72. The first kappa shape index (κ1) is 13.6. The number of fused-ring (bicyclic) bond motifs is 1. The molecule has 2 aromatic carbocycles. The highest BCUT2D eigenvalue weighted by atomic mass is 79.9. The van der Waals surface area contributed by atoms with Crippen molar-refractivity contribution in [2.75, 3.05) is 13.2 Å². The molecule has 0 unspecified atom stereocenters. The molecule has 0 aliphatic carbocycles. The maximum absolute atomic E-state index is 5.56. The van der Waals surface area contributed by atoms with Crippen molar-refractivity contribution in [3.8, 4) is 11.5 Å². The van der Waals surface area contributed by atoms with E-state index in [0.717, 1.165) is 31.7 Å². The van der Waals surface area contributed by atoms with Crippen LogP contribution in [0.15, 0.2) is 50.3 Å². The van der Waals surface area contributed by atoms with Gasteiger partial charge in [0.05, 0.1) is 5.69 Å². The van der Waals surface area contributed by atoms with E-state index in [9.17, 15) is 0 Å². The summed E-state index contributed by atoms with van der Waals surface area (Å²) >= 11 is 6.95. The first-order valence-corrected chi connectivity index (χ1v) is 7.70. The van der Waals surface area contributed by atoms with Crippen molar-refractivity contribution in [1.29, 1.82) is 0 Å². The molecule has 0 radical (unpaired) electrons. The highest BCUT2D eigenvalue weighted by Crippen LogP contribution is 2.39. The molecule has 1 aliphatic heterocycles. The number of rotatable bonds is 2. The van der Waals surface area contributed by atoms with Gasteiger partial charge in [0.2, 0.25) is 0 Å². The van der Waals surface area contributed by atoms with Crippen LogP contribution in [0.2, 0.25) is 0 Å². The summed E-state index contributed by atoms with van der Waals surface area (Å²) in [7, 11) is 0. The number of hydrogen-bond donors (Lipinski definition) is 0. The molecular weight excluding hydrogens is 386 g/mol. The summed E-state index contributed by atoms with van der Waals surface area (Å²) in [5.74, 6) is 1.49. The summed E-state index contributed by atoms with van der Waals surface area (Å²) < 4.78 is 13.0. The van der Waals surface area contributed by atoms with Crippen LogP contribution in [0.25, 0.3) is 0 Å². The fourth-order valence-electron chi connectivity index (χ4n) is 1.88. The van der Waals surface area contributed by atoms with Crippen LogP contribution in [0.3, 0.4) is 0 Å². The summed E-state index contributed by atoms with van der Waals surface area (Å²) in [6, 6.07) is 11.7. The van der Waals surface area contributed by atoms with Crippen LogP contribution in [0.4, 0.5) is 5.69 Å². The van der Waals surface area contributed by atoms with Gasteiger partial charge in [-0.3, -0.25) is 4.99 Å². The van der Waals surface area contributed by atoms with Crippen LogP contribution in [0.5, 0.6) is 11.5 Å². The van der Waals surface area contributed by atoms with Gasteiger partial charge in [0.25, 0.3) is 0 Å². The van der Waals surface area contributed by atoms with Crippen molar-refractivity contribution >= 4 is 43.8 Å². The minimum atomic E-state index is 0.573. The van der Waals surface area contributed by atoms with E-state index in [1.165, 1.54) is 0 Å². The second-order valence-corrected chi connectivity index (χ2v) is 6.03. The number of nitrogens with zero attached hydrogens (tertiary/aromatic N) is 1. The second kappa shape index (κ2) is 5.97. The van der Waals surface area contributed by atoms with Crippen LogP contribution < -0.4 is 9.47 Å². The summed E-state index contributed by atoms with van der Waals surface area (Å²) in [4.78, 5) is 4.50. The van der Waals surface area contributed by atoms with Crippen LogP contribution in [0.1, 0.15) is 5.56 Å². The maximum Gasteiger partial charge on any atom is 0.163 e. The Morgan fingerprint density at radius 3 is 2.50 bits per heavy atom. The number of aliphatic imine (C=N–C) groups is 1. The third-order valence-electron chi connectivity index (χ3n) is 2.81. The summed E-state index contributed by atoms with van der Waals surface area (Å²) in [6.45, 7) is 1.16. The molecule has 0 aromatic heterocycles. The molecule has 2 aromatic rings. The minimum absolute atomic E-state index is 0.573. The zero-order valence-electron chi connectivity index (χ0n) is 10.5. The van der Waals surface area contributed by atoms with Gasteiger partial charge in [-0.1, -0.05) is 28.1 Å². The van der Waals surface area contributed by atoms with Gasteiger partial charge in [-0.2, -0.15) is 0 Å². The molecule has 3 nitrogen and oxygen atoms in total. The average Bonchev–Trinajstić information content (AvgIpc) is 2.45. The van der Waals surface area contributed by atoms with Crippen LogP contribution in [-0.4, -0.2) is 19.4 Å². The van der Waals surface area contributed by atoms with Crippen molar-refractivity contribution in [3.05, 3.63) is 50.9 Å².